The Morgan fingerprint density at radius 3 is 2.80 bits per heavy atom. The fourth-order valence-electron chi connectivity index (χ4n) is 2.63. The van der Waals surface area contributed by atoms with Crippen molar-refractivity contribution in [3.8, 4) is 11.3 Å². The van der Waals surface area contributed by atoms with Crippen LogP contribution in [0.4, 0.5) is 10.1 Å². The molecule has 2 aromatic heterocycles. The number of fused-ring (bicyclic) bond motifs is 1. The van der Waals surface area contributed by atoms with Crippen LogP contribution in [-0.2, 0) is 11.3 Å². The molecule has 130 valence electrons. The van der Waals surface area contributed by atoms with E-state index in [4.69, 9.17) is 11.6 Å². The van der Waals surface area contributed by atoms with Gasteiger partial charge >= 0.3 is 0 Å². The number of aromatic nitrogens is 2. The Kier molecular flexibility index (Phi) is 4.90. The van der Waals surface area contributed by atoms with Crippen molar-refractivity contribution in [2.45, 2.75) is 20.4 Å². The maximum absolute atomic E-state index is 14.1. The number of hydrogen-bond acceptors (Lipinski definition) is 3. The second kappa shape index (κ2) is 7.11. The summed E-state index contributed by atoms with van der Waals surface area (Å²) in [5, 5.41) is 7.05. The van der Waals surface area contributed by atoms with Gasteiger partial charge in [-0.3, -0.25) is 4.79 Å². The molecule has 0 aliphatic heterocycles. The molecule has 25 heavy (non-hydrogen) atoms. The number of benzene rings is 1. The molecule has 0 bridgehead atoms. The number of carbonyl (C=O) groups is 1. The number of nitrogens with zero attached hydrogens (tertiary/aromatic N) is 1. The molecule has 7 heteroatoms. The minimum Gasteiger partial charge on any atom is -0.382 e. The highest BCUT2D eigenvalue weighted by Crippen LogP contribution is 2.32. The SMILES string of the molecule is CCNc1ccc(-c2cc3[nH]c(CNC(C)=O)cc3cc2Cl)nc1F. The molecule has 1 amide bonds. The number of pyridine rings is 1. The highest BCUT2D eigenvalue weighted by Gasteiger charge is 2.12. The number of carbonyl (C=O) groups excluding carboxylic acids is 1. The van der Waals surface area contributed by atoms with Crippen LogP contribution in [0, 0.1) is 5.95 Å². The van der Waals surface area contributed by atoms with Crippen LogP contribution in [-0.4, -0.2) is 22.4 Å². The number of H-pyrrole nitrogens is 1. The van der Waals surface area contributed by atoms with Crippen LogP contribution < -0.4 is 10.6 Å². The zero-order valence-corrected chi connectivity index (χ0v) is 14.7. The molecule has 0 saturated carbocycles. The third-order valence-corrected chi connectivity index (χ3v) is 4.10. The summed E-state index contributed by atoms with van der Waals surface area (Å²) in [6, 6.07) is 8.94. The molecule has 0 radical (unpaired) electrons. The van der Waals surface area contributed by atoms with E-state index < -0.39 is 5.95 Å². The highest BCUT2D eigenvalue weighted by molar-refractivity contribution is 6.34. The summed E-state index contributed by atoms with van der Waals surface area (Å²) in [5.41, 5.74) is 3.17. The number of anilines is 1. The lowest BCUT2D eigenvalue weighted by Crippen LogP contribution is -2.18. The predicted octanol–water partition coefficient (Wildman–Crippen LogP) is 4.09. The fraction of sp³-hybridized carbons (Fsp3) is 0.222. The molecule has 0 aliphatic carbocycles. The number of amides is 1. The van der Waals surface area contributed by atoms with Gasteiger partial charge in [0.1, 0.15) is 0 Å². The van der Waals surface area contributed by atoms with Gasteiger partial charge in [0, 0.05) is 35.6 Å². The Morgan fingerprint density at radius 2 is 2.12 bits per heavy atom. The Morgan fingerprint density at radius 1 is 1.32 bits per heavy atom. The number of rotatable bonds is 5. The first kappa shape index (κ1) is 17.2. The van der Waals surface area contributed by atoms with Gasteiger partial charge in [-0.15, -0.1) is 0 Å². The summed E-state index contributed by atoms with van der Waals surface area (Å²) in [4.78, 5) is 18.3. The molecule has 0 spiro atoms. The van der Waals surface area contributed by atoms with Crippen molar-refractivity contribution >= 4 is 34.1 Å². The van der Waals surface area contributed by atoms with Crippen LogP contribution in [0.5, 0.6) is 0 Å². The molecule has 3 aromatic rings. The van der Waals surface area contributed by atoms with E-state index >= 15 is 0 Å². The second-order valence-corrected chi connectivity index (χ2v) is 6.10. The zero-order chi connectivity index (χ0) is 18.0. The molecule has 0 saturated heterocycles. The van der Waals surface area contributed by atoms with E-state index in [2.05, 4.69) is 20.6 Å². The van der Waals surface area contributed by atoms with E-state index in [1.807, 2.05) is 19.1 Å². The number of aromatic amines is 1. The fourth-order valence-corrected chi connectivity index (χ4v) is 2.90. The normalized spacial score (nSPS) is 10.9. The van der Waals surface area contributed by atoms with Crippen LogP contribution >= 0.6 is 11.6 Å². The molecule has 3 rings (SSSR count). The molecule has 2 heterocycles. The minimum absolute atomic E-state index is 0.0992. The van der Waals surface area contributed by atoms with Crippen LogP contribution in [0.2, 0.25) is 5.02 Å². The molecule has 0 aliphatic rings. The van der Waals surface area contributed by atoms with Crippen molar-refractivity contribution in [1.82, 2.24) is 15.3 Å². The summed E-state index contributed by atoms with van der Waals surface area (Å²) in [5.74, 6) is -0.661. The summed E-state index contributed by atoms with van der Waals surface area (Å²) >= 11 is 6.37. The van der Waals surface area contributed by atoms with Crippen LogP contribution in [0.3, 0.4) is 0 Å². The monoisotopic (exact) mass is 360 g/mol. The van der Waals surface area contributed by atoms with Gasteiger partial charge in [0.25, 0.3) is 0 Å². The number of nitrogens with one attached hydrogen (secondary N) is 3. The third kappa shape index (κ3) is 3.74. The Bertz CT molecular complexity index is 938. The third-order valence-electron chi connectivity index (χ3n) is 3.78. The Balaban J connectivity index is 1.97. The van der Waals surface area contributed by atoms with E-state index in [1.165, 1.54) is 6.92 Å². The molecular weight excluding hydrogens is 343 g/mol. The van der Waals surface area contributed by atoms with Crippen molar-refractivity contribution in [2.75, 3.05) is 11.9 Å². The van der Waals surface area contributed by atoms with Crippen molar-refractivity contribution in [3.05, 3.63) is 47.0 Å². The lowest BCUT2D eigenvalue weighted by atomic mass is 10.1. The first-order valence-electron chi connectivity index (χ1n) is 7.94. The molecule has 3 N–H and O–H groups in total. The number of hydrogen-bond donors (Lipinski definition) is 3. The van der Waals surface area contributed by atoms with E-state index in [1.54, 1.807) is 18.2 Å². The van der Waals surface area contributed by atoms with Gasteiger partial charge in [0.05, 0.1) is 22.9 Å². The molecule has 0 unspecified atom stereocenters. The lowest BCUT2D eigenvalue weighted by Gasteiger charge is -2.08. The summed E-state index contributed by atoms with van der Waals surface area (Å²) < 4.78 is 14.1. The summed E-state index contributed by atoms with van der Waals surface area (Å²) in [6.45, 7) is 4.38. The van der Waals surface area contributed by atoms with Crippen molar-refractivity contribution in [3.63, 3.8) is 0 Å². The van der Waals surface area contributed by atoms with Gasteiger partial charge in [-0.2, -0.15) is 4.39 Å². The van der Waals surface area contributed by atoms with Gasteiger partial charge in [-0.25, -0.2) is 4.98 Å². The smallest absolute Gasteiger partial charge is 0.236 e. The van der Waals surface area contributed by atoms with Gasteiger partial charge in [0.15, 0.2) is 0 Å². The average Bonchev–Trinajstić information content (AvgIpc) is 2.96. The van der Waals surface area contributed by atoms with E-state index in [-0.39, 0.29) is 5.91 Å². The summed E-state index contributed by atoms with van der Waals surface area (Å²) in [6.07, 6.45) is 0. The van der Waals surface area contributed by atoms with E-state index in [0.717, 1.165) is 16.6 Å². The number of halogens is 2. The van der Waals surface area contributed by atoms with Crippen LogP contribution in [0.25, 0.3) is 22.2 Å². The van der Waals surface area contributed by atoms with Gasteiger partial charge < -0.3 is 15.6 Å². The molecule has 0 atom stereocenters. The molecular formula is C18H18ClFN4O. The van der Waals surface area contributed by atoms with Gasteiger partial charge in [0.2, 0.25) is 11.9 Å². The summed E-state index contributed by atoms with van der Waals surface area (Å²) in [7, 11) is 0. The zero-order valence-electron chi connectivity index (χ0n) is 13.9. The van der Waals surface area contributed by atoms with Crippen molar-refractivity contribution in [1.29, 1.82) is 0 Å². The molecule has 0 fully saturated rings. The lowest BCUT2D eigenvalue weighted by molar-refractivity contribution is -0.119. The average molecular weight is 361 g/mol. The predicted molar refractivity (Wildman–Crippen MR) is 98.2 cm³/mol. The van der Waals surface area contributed by atoms with Gasteiger partial charge in [-0.1, -0.05) is 11.6 Å². The Hall–Kier alpha value is -2.60. The first-order chi connectivity index (χ1) is 12.0. The largest absolute Gasteiger partial charge is 0.382 e. The standard InChI is InChI=1S/C18H18ClFN4O/c1-3-21-16-5-4-15(24-18(16)20)13-8-17-11(7-14(13)19)6-12(23-17)9-22-10(2)25/h4-8,21,23H,3,9H2,1-2H3,(H,22,25). The quantitative estimate of drug-likeness (QED) is 0.600. The minimum atomic E-state index is -0.562. The van der Waals surface area contributed by atoms with Crippen molar-refractivity contribution < 1.29 is 9.18 Å². The topological polar surface area (TPSA) is 69.8 Å². The van der Waals surface area contributed by atoms with Crippen LogP contribution in [0.15, 0.2) is 30.3 Å². The maximum Gasteiger partial charge on any atom is 0.236 e. The molecule has 1 aromatic carbocycles. The van der Waals surface area contributed by atoms with E-state index in [9.17, 15) is 9.18 Å². The van der Waals surface area contributed by atoms with Crippen molar-refractivity contribution in [2.24, 2.45) is 0 Å². The molecule has 5 nitrogen and oxygen atoms in total. The van der Waals surface area contributed by atoms with Gasteiger partial charge in [-0.05, 0) is 37.3 Å². The highest BCUT2D eigenvalue weighted by atomic mass is 35.5. The Labute approximate surface area is 149 Å². The first-order valence-corrected chi connectivity index (χ1v) is 8.32. The second-order valence-electron chi connectivity index (χ2n) is 5.69. The maximum atomic E-state index is 14.1. The van der Waals surface area contributed by atoms with Crippen LogP contribution in [0.1, 0.15) is 19.5 Å². The van der Waals surface area contributed by atoms with E-state index in [0.29, 0.717) is 35.1 Å².